The molecule has 0 aliphatic rings. The molecule has 0 saturated carbocycles. The van der Waals surface area contributed by atoms with Crippen molar-refractivity contribution >= 4 is 38.3 Å². The van der Waals surface area contributed by atoms with Crippen LogP contribution in [0.1, 0.15) is 20.8 Å². The van der Waals surface area contributed by atoms with Gasteiger partial charge >= 0.3 is 8.80 Å². The smallest absolute Gasteiger partial charge is 0.481 e. The fraction of sp³-hybridized carbons (Fsp3) is 0.571. The third-order valence-electron chi connectivity index (χ3n) is 0.179. The molecule has 0 aliphatic heterocycles. The maximum atomic E-state index is 9.00. The van der Waals surface area contributed by atoms with Gasteiger partial charge in [-0.25, -0.2) is 0 Å². The Balaban J connectivity index is -0.0000000742. The molecule has 0 aromatic heterocycles. The van der Waals surface area contributed by atoms with E-state index in [1.165, 1.54) is 0 Å². The summed E-state index contributed by atoms with van der Waals surface area (Å²) < 4.78 is 0. The quantitative estimate of drug-likeness (QED) is 0.261. The van der Waals surface area contributed by atoms with Gasteiger partial charge in [0.25, 0.3) is 17.9 Å². The lowest BCUT2D eigenvalue weighted by Gasteiger charge is -2.00. The zero-order chi connectivity index (χ0) is 15.9. The molecule has 0 atom stereocenters. The topological polar surface area (TPSA) is 173 Å². The Bertz CT molecular complexity index is 197. The molecule has 0 spiro atoms. The van der Waals surface area contributed by atoms with Crippen molar-refractivity contribution in [2.45, 2.75) is 20.8 Å². The van der Waals surface area contributed by atoms with Crippen molar-refractivity contribution in [1.29, 1.82) is 0 Å². The van der Waals surface area contributed by atoms with Gasteiger partial charge in [-0.05, 0) is 0 Å². The predicted molar refractivity (Wildman–Crippen MR) is 63.1 cm³/mol. The summed E-state index contributed by atoms with van der Waals surface area (Å²) in [5.74, 6) is -2.50. The molecule has 0 unspecified atom stereocenters. The summed E-state index contributed by atoms with van der Waals surface area (Å²) in [5, 5.41) is 22.2. The largest absolute Gasteiger partial charge is 0.508 e. The molecule has 0 radical (unpaired) electrons. The molecular formula is C7H17ClO9Si. The van der Waals surface area contributed by atoms with Crippen LogP contribution < -0.4 is 0 Å². The second-order valence-electron chi connectivity index (χ2n) is 2.47. The van der Waals surface area contributed by atoms with Crippen molar-refractivity contribution in [2.24, 2.45) is 0 Å². The average molecular weight is 309 g/mol. The Labute approximate surface area is 109 Å². The minimum absolute atomic E-state index is 0.451. The van der Waals surface area contributed by atoms with E-state index in [-0.39, 0.29) is 0 Å². The van der Waals surface area contributed by atoms with Gasteiger partial charge in [-0.3, -0.25) is 14.4 Å². The van der Waals surface area contributed by atoms with E-state index in [0.29, 0.717) is 0 Å². The van der Waals surface area contributed by atoms with Crippen LogP contribution in [0.4, 0.5) is 0 Å². The van der Waals surface area contributed by atoms with E-state index in [2.05, 4.69) is 0 Å². The van der Waals surface area contributed by atoms with Gasteiger partial charge in [0.1, 0.15) is 0 Å². The highest BCUT2D eigenvalue weighted by Crippen LogP contribution is 1.86. The van der Waals surface area contributed by atoms with Gasteiger partial charge in [-0.2, -0.15) is 0 Å². The summed E-state index contributed by atoms with van der Waals surface area (Å²) >= 11 is 4.79. The summed E-state index contributed by atoms with van der Waals surface area (Å²) in [5.41, 5.74) is -0.451. The maximum absolute atomic E-state index is 9.00. The summed E-state index contributed by atoms with van der Waals surface area (Å²) in [6, 6.07) is 0. The molecule has 18 heavy (non-hydrogen) atoms. The summed E-state index contributed by atoms with van der Waals surface area (Å²) in [6.07, 6.45) is 0. The SMILES string of the molecule is CC(=O)O.CC(=O)O.CC(=O)O.O[Si](O)(O)CCl. The molecule has 0 saturated heterocycles. The number of rotatable bonds is 1. The van der Waals surface area contributed by atoms with Crippen LogP contribution in [0.25, 0.3) is 0 Å². The van der Waals surface area contributed by atoms with E-state index in [4.69, 9.17) is 55.7 Å². The first kappa shape index (κ1) is 25.6. The number of carboxylic acid groups (broad SMARTS) is 3. The van der Waals surface area contributed by atoms with Gasteiger partial charge in [-0.1, -0.05) is 0 Å². The zero-order valence-electron chi connectivity index (χ0n) is 9.99. The van der Waals surface area contributed by atoms with E-state index >= 15 is 0 Å². The first-order valence-electron chi connectivity index (χ1n) is 4.07. The number of carbonyl (C=O) groups is 3. The van der Waals surface area contributed by atoms with E-state index in [1.807, 2.05) is 0 Å². The summed E-state index contributed by atoms with van der Waals surface area (Å²) in [6.45, 7) is 3.25. The molecule has 0 bridgehead atoms. The number of alkyl halides is 1. The molecule has 0 amide bonds. The van der Waals surface area contributed by atoms with Crippen molar-refractivity contribution in [3.05, 3.63) is 0 Å². The summed E-state index contributed by atoms with van der Waals surface area (Å²) in [7, 11) is -3.87. The molecule has 0 aromatic rings. The molecule has 11 heteroatoms. The third-order valence-corrected chi connectivity index (χ3v) is 1.61. The highest BCUT2D eigenvalue weighted by Gasteiger charge is 2.24. The van der Waals surface area contributed by atoms with Crippen LogP contribution >= 0.6 is 11.6 Å². The monoisotopic (exact) mass is 308 g/mol. The lowest BCUT2D eigenvalue weighted by atomic mass is 10.9. The average Bonchev–Trinajstić information content (AvgIpc) is 1.99. The van der Waals surface area contributed by atoms with Crippen molar-refractivity contribution in [1.82, 2.24) is 0 Å². The third kappa shape index (κ3) is 872. The van der Waals surface area contributed by atoms with Crippen molar-refractivity contribution in [2.75, 3.05) is 5.50 Å². The van der Waals surface area contributed by atoms with Crippen LogP contribution in [-0.2, 0) is 14.4 Å². The van der Waals surface area contributed by atoms with Crippen molar-refractivity contribution < 1.29 is 44.1 Å². The van der Waals surface area contributed by atoms with Crippen LogP contribution in [0.5, 0.6) is 0 Å². The number of aliphatic carboxylic acids is 3. The second-order valence-corrected chi connectivity index (χ2v) is 5.08. The molecule has 0 aliphatic carbocycles. The molecule has 6 N–H and O–H groups in total. The van der Waals surface area contributed by atoms with E-state index in [0.717, 1.165) is 20.8 Å². The van der Waals surface area contributed by atoms with E-state index in [1.54, 1.807) is 0 Å². The maximum Gasteiger partial charge on any atom is 0.508 e. The van der Waals surface area contributed by atoms with Gasteiger partial charge in [0.2, 0.25) is 0 Å². The van der Waals surface area contributed by atoms with Crippen LogP contribution in [-0.4, -0.2) is 61.9 Å². The first-order chi connectivity index (χ1) is 7.76. The molecule has 0 heterocycles. The highest BCUT2D eigenvalue weighted by atomic mass is 35.5. The van der Waals surface area contributed by atoms with Crippen LogP contribution in [0.3, 0.4) is 0 Å². The Kier molecular flexibility index (Phi) is 22.5. The minimum Gasteiger partial charge on any atom is -0.481 e. The normalized spacial score (nSPS) is 8.17. The van der Waals surface area contributed by atoms with Gasteiger partial charge < -0.3 is 29.7 Å². The highest BCUT2D eigenvalue weighted by molar-refractivity contribution is 6.65. The Morgan fingerprint density at radius 3 is 0.889 bits per heavy atom. The molecular weight excluding hydrogens is 292 g/mol. The van der Waals surface area contributed by atoms with Crippen molar-refractivity contribution in [3.63, 3.8) is 0 Å². The number of carboxylic acids is 3. The molecule has 0 rings (SSSR count). The Morgan fingerprint density at radius 2 is 0.889 bits per heavy atom. The first-order valence-corrected chi connectivity index (χ1v) is 6.66. The number of hydrogen-bond acceptors (Lipinski definition) is 6. The zero-order valence-corrected chi connectivity index (χ0v) is 11.7. The second kappa shape index (κ2) is 15.8. The fourth-order valence-corrected chi connectivity index (χ4v) is 0. The van der Waals surface area contributed by atoms with Gasteiger partial charge in [0, 0.05) is 20.8 Å². The molecule has 0 fully saturated rings. The van der Waals surface area contributed by atoms with Crippen LogP contribution in [0, 0.1) is 0 Å². The van der Waals surface area contributed by atoms with Gasteiger partial charge in [0.05, 0.1) is 5.50 Å². The molecule has 110 valence electrons. The Hall–Kier alpha value is -1.20. The van der Waals surface area contributed by atoms with Crippen LogP contribution in [0.15, 0.2) is 0 Å². The Morgan fingerprint density at radius 1 is 0.833 bits per heavy atom. The molecule has 0 aromatic carbocycles. The lowest BCUT2D eigenvalue weighted by molar-refractivity contribution is -0.135. The standard InChI is InChI=1S/3C2H4O2.CH5ClO3Si/c3*1-2(3)4;2-1-6(3,4)5/h3*1H3,(H,3,4);3-5H,1H2. The predicted octanol–water partition coefficient (Wildman–Crippen LogP) is -1.05. The fourth-order valence-electron chi connectivity index (χ4n) is 0. The lowest BCUT2D eigenvalue weighted by Crippen LogP contribution is -2.37. The van der Waals surface area contributed by atoms with Gasteiger partial charge in [0.15, 0.2) is 0 Å². The van der Waals surface area contributed by atoms with E-state index in [9.17, 15) is 0 Å². The number of hydrogen-bond donors (Lipinski definition) is 6. The molecule has 9 nitrogen and oxygen atoms in total. The summed E-state index contributed by atoms with van der Waals surface area (Å²) in [4.78, 5) is 50.8. The van der Waals surface area contributed by atoms with Crippen molar-refractivity contribution in [3.8, 4) is 0 Å². The van der Waals surface area contributed by atoms with Crippen LogP contribution in [0.2, 0.25) is 0 Å². The number of halogens is 1. The van der Waals surface area contributed by atoms with Gasteiger partial charge in [-0.15, -0.1) is 11.6 Å². The van der Waals surface area contributed by atoms with E-state index < -0.39 is 32.2 Å². The minimum atomic E-state index is -3.87.